The highest BCUT2D eigenvalue weighted by Gasteiger charge is 2.11. The van der Waals surface area contributed by atoms with Crippen LogP contribution in [0.1, 0.15) is 16.7 Å². The van der Waals surface area contributed by atoms with Gasteiger partial charge in [-0.2, -0.15) is 5.10 Å². The van der Waals surface area contributed by atoms with E-state index >= 15 is 0 Å². The van der Waals surface area contributed by atoms with Crippen molar-refractivity contribution in [3.05, 3.63) is 69.5 Å². The zero-order chi connectivity index (χ0) is 20.3. The molecule has 3 aromatic rings. The maximum absolute atomic E-state index is 12.2. The summed E-state index contributed by atoms with van der Waals surface area (Å²) in [5.41, 5.74) is 4.21. The molecule has 0 saturated heterocycles. The quantitative estimate of drug-likeness (QED) is 0.711. The van der Waals surface area contributed by atoms with Crippen molar-refractivity contribution in [3.63, 3.8) is 0 Å². The Bertz CT molecular complexity index is 1100. The number of aryl methyl sites for hydroxylation is 3. The molecule has 0 atom stereocenters. The molecule has 0 bridgehead atoms. The lowest BCUT2D eigenvalue weighted by molar-refractivity contribution is -0.124. The van der Waals surface area contributed by atoms with Gasteiger partial charge in [0.05, 0.1) is 18.3 Å². The number of para-hydroxylation sites is 1. The Morgan fingerprint density at radius 1 is 1.04 bits per heavy atom. The van der Waals surface area contributed by atoms with Gasteiger partial charge in [-0.15, -0.1) is 0 Å². The van der Waals surface area contributed by atoms with Gasteiger partial charge < -0.3 is 10.6 Å². The zero-order valence-corrected chi connectivity index (χ0v) is 16.1. The third-order valence-electron chi connectivity index (χ3n) is 4.44. The highest BCUT2D eigenvalue weighted by Crippen LogP contribution is 2.21. The molecule has 2 aromatic carbocycles. The number of aromatic nitrogens is 2. The van der Waals surface area contributed by atoms with E-state index < -0.39 is 0 Å². The number of rotatable bonds is 5. The molecule has 2 N–H and O–H groups in total. The van der Waals surface area contributed by atoms with Crippen LogP contribution in [0.4, 0.5) is 5.69 Å². The summed E-state index contributed by atoms with van der Waals surface area (Å²) in [4.78, 5) is 36.3. The second kappa shape index (κ2) is 8.04. The number of nitrogens with zero attached hydrogens (tertiary/aromatic N) is 2. The van der Waals surface area contributed by atoms with Crippen LogP contribution in [0.3, 0.4) is 0 Å². The Labute approximate surface area is 162 Å². The Morgan fingerprint density at radius 2 is 1.71 bits per heavy atom. The van der Waals surface area contributed by atoms with Gasteiger partial charge in [-0.05, 0) is 44.0 Å². The molecule has 144 valence electrons. The molecule has 0 radical (unpaired) electrons. The average Bonchev–Trinajstić information content (AvgIpc) is 2.65. The van der Waals surface area contributed by atoms with Crippen LogP contribution in [0.15, 0.2) is 47.4 Å². The van der Waals surface area contributed by atoms with Gasteiger partial charge in [0.1, 0.15) is 6.54 Å². The second-order valence-electron chi connectivity index (χ2n) is 6.78. The highest BCUT2D eigenvalue weighted by molar-refractivity contribution is 5.95. The van der Waals surface area contributed by atoms with Crippen LogP contribution in [0.25, 0.3) is 10.9 Å². The van der Waals surface area contributed by atoms with E-state index in [-0.39, 0.29) is 30.3 Å². The molecule has 1 aromatic heterocycles. The van der Waals surface area contributed by atoms with Gasteiger partial charge >= 0.3 is 0 Å². The maximum atomic E-state index is 12.2. The first-order valence-corrected chi connectivity index (χ1v) is 8.94. The normalized spacial score (nSPS) is 10.7. The molecule has 3 rings (SSSR count). The number of hydrogen-bond acceptors (Lipinski definition) is 4. The maximum Gasteiger partial charge on any atom is 0.243 e. The van der Waals surface area contributed by atoms with Crippen molar-refractivity contribution in [1.29, 1.82) is 0 Å². The molecule has 7 nitrogen and oxygen atoms in total. The SMILES string of the molecule is Cc1cc(C)c(NC(=O)CNC(=O)Cn2ncc(=O)c3ccccc32)c(C)c1. The van der Waals surface area contributed by atoms with Gasteiger partial charge in [-0.1, -0.05) is 29.8 Å². The summed E-state index contributed by atoms with van der Waals surface area (Å²) in [5, 5.41) is 9.94. The summed E-state index contributed by atoms with van der Waals surface area (Å²) in [6, 6.07) is 10.9. The lowest BCUT2D eigenvalue weighted by Crippen LogP contribution is -2.35. The van der Waals surface area contributed by atoms with E-state index in [9.17, 15) is 14.4 Å². The molecular weight excluding hydrogens is 356 g/mol. The van der Waals surface area contributed by atoms with Gasteiger partial charge in [0.25, 0.3) is 0 Å². The summed E-state index contributed by atoms with van der Waals surface area (Å²) in [7, 11) is 0. The fourth-order valence-electron chi connectivity index (χ4n) is 3.22. The molecule has 0 saturated carbocycles. The number of carbonyl (C=O) groups is 2. The number of nitrogens with one attached hydrogen (secondary N) is 2. The molecule has 2 amide bonds. The van der Waals surface area contributed by atoms with E-state index in [1.165, 1.54) is 10.9 Å². The predicted octanol–water partition coefficient (Wildman–Crippen LogP) is 2.08. The Kier molecular flexibility index (Phi) is 5.54. The fourth-order valence-corrected chi connectivity index (χ4v) is 3.22. The summed E-state index contributed by atoms with van der Waals surface area (Å²) >= 11 is 0. The first-order chi connectivity index (χ1) is 13.3. The minimum absolute atomic E-state index is 0.0866. The predicted molar refractivity (Wildman–Crippen MR) is 108 cm³/mol. The summed E-state index contributed by atoms with van der Waals surface area (Å²) in [6.07, 6.45) is 1.19. The molecule has 7 heteroatoms. The number of amides is 2. The van der Waals surface area contributed by atoms with Gasteiger partial charge in [0.2, 0.25) is 17.2 Å². The standard InChI is InChI=1S/C21H22N4O3/c1-13-8-14(2)21(15(3)9-13)24-19(27)11-22-20(28)12-25-17-7-5-4-6-16(17)18(26)10-23-25/h4-10H,11-12H2,1-3H3,(H,22,28)(H,24,27). The van der Waals surface area contributed by atoms with Crippen molar-refractivity contribution < 1.29 is 9.59 Å². The number of fused-ring (bicyclic) bond motifs is 1. The van der Waals surface area contributed by atoms with Crippen molar-refractivity contribution >= 4 is 28.4 Å². The van der Waals surface area contributed by atoms with Crippen molar-refractivity contribution in [1.82, 2.24) is 15.1 Å². The molecule has 1 heterocycles. The molecule has 0 aliphatic rings. The van der Waals surface area contributed by atoms with Gasteiger partial charge in [0.15, 0.2) is 0 Å². The Morgan fingerprint density at radius 3 is 2.43 bits per heavy atom. The molecule has 0 aliphatic heterocycles. The van der Waals surface area contributed by atoms with E-state index in [1.807, 2.05) is 32.9 Å². The number of carbonyl (C=O) groups excluding carboxylic acids is 2. The van der Waals surface area contributed by atoms with E-state index in [2.05, 4.69) is 15.7 Å². The molecular formula is C21H22N4O3. The van der Waals surface area contributed by atoms with Crippen molar-refractivity contribution in [2.45, 2.75) is 27.3 Å². The second-order valence-corrected chi connectivity index (χ2v) is 6.78. The van der Waals surface area contributed by atoms with Crippen LogP contribution in [-0.4, -0.2) is 28.1 Å². The van der Waals surface area contributed by atoms with Crippen LogP contribution in [0.5, 0.6) is 0 Å². The van der Waals surface area contributed by atoms with E-state index in [0.717, 1.165) is 22.4 Å². The van der Waals surface area contributed by atoms with Crippen LogP contribution >= 0.6 is 0 Å². The van der Waals surface area contributed by atoms with Gasteiger partial charge in [-0.3, -0.25) is 19.1 Å². The third-order valence-corrected chi connectivity index (χ3v) is 4.44. The molecule has 0 unspecified atom stereocenters. The summed E-state index contributed by atoms with van der Waals surface area (Å²) < 4.78 is 1.44. The Hall–Kier alpha value is -3.48. The summed E-state index contributed by atoms with van der Waals surface area (Å²) in [6.45, 7) is 5.63. The van der Waals surface area contributed by atoms with E-state index in [1.54, 1.807) is 24.3 Å². The van der Waals surface area contributed by atoms with Crippen molar-refractivity contribution in [3.8, 4) is 0 Å². The number of hydrogen-bond donors (Lipinski definition) is 2. The molecule has 0 aliphatic carbocycles. The average molecular weight is 378 g/mol. The van der Waals surface area contributed by atoms with Crippen LogP contribution in [0.2, 0.25) is 0 Å². The minimum atomic E-state index is -0.367. The first kappa shape index (κ1) is 19.3. The fraction of sp³-hybridized carbons (Fsp3) is 0.238. The highest BCUT2D eigenvalue weighted by atomic mass is 16.2. The minimum Gasteiger partial charge on any atom is -0.345 e. The Balaban J connectivity index is 1.63. The molecule has 0 spiro atoms. The molecule has 28 heavy (non-hydrogen) atoms. The van der Waals surface area contributed by atoms with Gasteiger partial charge in [0, 0.05) is 11.1 Å². The number of anilines is 1. The first-order valence-electron chi connectivity index (χ1n) is 8.94. The third kappa shape index (κ3) is 4.25. The lowest BCUT2D eigenvalue weighted by Gasteiger charge is -2.13. The van der Waals surface area contributed by atoms with Crippen molar-refractivity contribution in [2.75, 3.05) is 11.9 Å². The lowest BCUT2D eigenvalue weighted by atomic mass is 10.1. The largest absolute Gasteiger partial charge is 0.345 e. The monoisotopic (exact) mass is 378 g/mol. The van der Waals surface area contributed by atoms with Crippen LogP contribution in [0, 0.1) is 20.8 Å². The zero-order valence-electron chi connectivity index (χ0n) is 16.1. The topological polar surface area (TPSA) is 93.1 Å². The van der Waals surface area contributed by atoms with Gasteiger partial charge in [-0.25, -0.2) is 0 Å². The van der Waals surface area contributed by atoms with E-state index in [0.29, 0.717) is 10.9 Å². The van der Waals surface area contributed by atoms with Crippen LogP contribution in [-0.2, 0) is 16.1 Å². The van der Waals surface area contributed by atoms with Crippen molar-refractivity contribution in [2.24, 2.45) is 0 Å². The molecule has 0 fully saturated rings. The van der Waals surface area contributed by atoms with E-state index in [4.69, 9.17) is 0 Å². The number of benzene rings is 2. The summed E-state index contributed by atoms with van der Waals surface area (Å²) in [5.74, 6) is -0.671. The smallest absolute Gasteiger partial charge is 0.243 e. The van der Waals surface area contributed by atoms with Crippen LogP contribution < -0.4 is 16.1 Å².